The van der Waals surface area contributed by atoms with Gasteiger partial charge in [0.05, 0.1) is 12.2 Å². The second-order valence-corrected chi connectivity index (χ2v) is 5.22. The van der Waals surface area contributed by atoms with Crippen molar-refractivity contribution in [2.75, 3.05) is 0 Å². The Hall–Kier alpha value is -0.600. The van der Waals surface area contributed by atoms with E-state index in [1.807, 2.05) is 0 Å². The SMILES string of the molecule is O[C@@H]1[C@H](O)[C@@H]2[C@@H]3C=C[C@@H]([C@H]4C=C[C@H]43)[C@H]12. The van der Waals surface area contributed by atoms with Crippen LogP contribution in [0.5, 0.6) is 0 Å². The molecule has 74 valence electrons. The average Bonchev–Trinajstić information content (AvgIpc) is 2.15. The van der Waals surface area contributed by atoms with Crippen LogP contribution in [0.25, 0.3) is 0 Å². The van der Waals surface area contributed by atoms with Crippen molar-refractivity contribution in [3.05, 3.63) is 24.3 Å². The fourth-order valence-electron chi connectivity index (χ4n) is 4.15. The molecule has 14 heavy (non-hydrogen) atoms. The molecule has 5 aliphatic rings. The van der Waals surface area contributed by atoms with Crippen LogP contribution in [0.15, 0.2) is 24.3 Å². The van der Waals surface area contributed by atoms with Crippen LogP contribution in [0.2, 0.25) is 0 Å². The first-order valence-electron chi connectivity index (χ1n) is 5.52. The molecule has 0 spiro atoms. The number of aliphatic hydroxyl groups excluding tert-OH is 2. The van der Waals surface area contributed by atoms with Crippen LogP contribution >= 0.6 is 0 Å². The maximum atomic E-state index is 9.75. The van der Waals surface area contributed by atoms with Crippen molar-refractivity contribution >= 4 is 0 Å². The molecule has 0 amide bonds. The quantitative estimate of drug-likeness (QED) is 0.548. The highest BCUT2D eigenvalue weighted by atomic mass is 16.3. The molecule has 2 heteroatoms. The van der Waals surface area contributed by atoms with E-state index in [0.29, 0.717) is 35.5 Å². The van der Waals surface area contributed by atoms with Gasteiger partial charge in [0, 0.05) is 11.8 Å². The van der Waals surface area contributed by atoms with Gasteiger partial charge in [0.25, 0.3) is 0 Å². The van der Waals surface area contributed by atoms with E-state index in [0.717, 1.165) is 0 Å². The number of hydrogen-bond acceptors (Lipinski definition) is 2. The standard InChI is InChI=1S/C12H14O2/c13-11-9-7-3-4-8(10(9)12(11)14)6-2-1-5(6)7/h1-14H/t5-,6+,7-,8+,9-,10+,11-,12+. The molecule has 0 radical (unpaired) electrons. The predicted molar refractivity (Wildman–Crippen MR) is 51.2 cm³/mol. The Kier molecular flexibility index (Phi) is 1.17. The third-order valence-corrected chi connectivity index (χ3v) is 4.92. The van der Waals surface area contributed by atoms with Crippen LogP contribution in [0.4, 0.5) is 0 Å². The fraction of sp³-hybridized carbons (Fsp3) is 0.667. The van der Waals surface area contributed by atoms with E-state index in [4.69, 9.17) is 0 Å². The zero-order valence-electron chi connectivity index (χ0n) is 7.82. The van der Waals surface area contributed by atoms with E-state index >= 15 is 0 Å². The monoisotopic (exact) mass is 190 g/mol. The van der Waals surface area contributed by atoms with Gasteiger partial charge < -0.3 is 10.2 Å². The molecule has 0 aliphatic heterocycles. The van der Waals surface area contributed by atoms with E-state index in [-0.39, 0.29) is 0 Å². The van der Waals surface area contributed by atoms with Crippen LogP contribution in [-0.4, -0.2) is 22.4 Å². The molecule has 0 aromatic carbocycles. The van der Waals surface area contributed by atoms with Crippen LogP contribution in [-0.2, 0) is 0 Å². The van der Waals surface area contributed by atoms with Crippen molar-refractivity contribution in [2.45, 2.75) is 12.2 Å². The highest BCUT2D eigenvalue weighted by Gasteiger charge is 2.63. The molecule has 2 saturated carbocycles. The molecule has 5 aliphatic carbocycles. The van der Waals surface area contributed by atoms with Crippen LogP contribution in [0, 0.1) is 35.5 Å². The Morgan fingerprint density at radius 3 is 1.29 bits per heavy atom. The normalized spacial score (nSPS) is 66.7. The lowest BCUT2D eigenvalue weighted by Crippen LogP contribution is -2.67. The zero-order valence-corrected chi connectivity index (χ0v) is 7.82. The van der Waals surface area contributed by atoms with Crippen LogP contribution < -0.4 is 0 Å². The summed E-state index contributed by atoms with van der Waals surface area (Å²) < 4.78 is 0. The van der Waals surface area contributed by atoms with Crippen molar-refractivity contribution in [3.63, 3.8) is 0 Å². The molecule has 0 aromatic heterocycles. The smallest absolute Gasteiger partial charge is 0.0839 e. The summed E-state index contributed by atoms with van der Waals surface area (Å²) in [5.74, 6) is 3.00. The van der Waals surface area contributed by atoms with Crippen molar-refractivity contribution < 1.29 is 10.2 Å². The first-order chi connectivity index (χ1) is 6.79. The number of allylic oxidation sites excluding steroid dienone is 4. The van der Waals surface area contributed by atoms with Crippen LogP contribution in [0.1, 0.15) is 0 Å². The van der Waals surface area contributed by atoms with Crippen molar-refractivity contribution in [1.29, 1.82) is 0 Å². The van der Waals surface area contributed by atoms with Gasteiger partial charge in [0.15, 0.2) is 0 Å². The summed E-state index contributed by atoms with van der Waals surface area (Å²) >= 11 is 0. The van der Waals surface area contributed by atoms with E-state index in [1.165, 1.54) is 0 Å². The Morgan fingerprint density at radius 2 is 0.929 bits per heavy atom. The maximum Gasteiger partial charge on any atom is 0.0839 e. The molecule has 0 aromatic rings. The van der Waals surface area contributed by atoms with Crippen molar-refractivity contribution in [1.82, 2.24) is 0 Å². The zero-order chi connectivity index (χ0) is 9.45. The van der Waals surface area contributed by atoms with Gasteiger partial charge in [-0.25, -0.2) is 0 Å². The lowest BCUT2D eigenvalue weighted by Gasteiger charge is -2.64. The highest BCUT2D eigenvalue weighted by molar-refractivity contribution is 5.31. The molecule has 0 unspecified atom stereocenters. The van der Waals surface area contributed by atoms with E-state index in [1.54, 1.807) is 0 Å². The maximum absolute atomic E-state index is 9.75. The van der Waals surface area contributed by atoms with E-state index in [2.05, 4.69) is 24.3 Å². The third-order valence-electron chi connectivity index (χ3n) is 4.92. The first-order valence-corrected chi connectivity index (χ1v) is 5.52. The third kappa shape index (κ3) is 0.598. The van der Waals surface area contributed by atoms with Crippen molar-refractivity contribution in [3.8, 4) is 0 Å². The van der Waals surface area contributed by atoms with Crippen LogP contribution in [0.3, 0.4) is 0 Å². The fourth-order valence-corrected chi connectivity index (χ4v) is 4.15. The molecule has 0 saturated heterocycles. The Morgan fingerprint density at radius 1 is 0.571 bits per heavy atom. The summed E-state index contributed by atoms with van der Waals surface area (Å²) in [5, 5.41) is 19.5. The van der Waals surface area contributed by atoms with Gasteiger partial charge >= 0.3 is 0 Å². The van der Waals surface area contributed by atoms with Gasteiger partial charge in [-0.15, -0.1) is 0 Å². The van der Waals surface area contributed by atoms with Gasteiger partial charge in [-0.1, -0.05) is 24.3 Å². The summed E-state index contributed by atoms with van der Waals surface area (Å²) in [5.41, 5.74) is 0. The number of hydrogen-bond donors (Lipinski definition) is 2. The lowest BCUT2D eigenvalue weighted by atomic mass is 9.42. The minimum Gasteiger partial charge on any atom is -0.390 e. The molecule has 5 rings (SSSR count). The molecule has 2 fully saturated rings. The lowest BCUT2D eigenvalue weighted by molar-refractivity contribution is -0.217. The highest BCUT2D eigenvalue weighted by Crippen LogP contribution is 2.62. The second-order valence-electron chi connectivity index (χ2n) is 5.22. The van der Waals surface area contributed by atoms with E-state index < -0.39 is 12.2 Å². The predicted octanol–water partition coefficient (Wildman–Crippen LogP) is 0.572. The summed E-state index contributed by atoms with van der Waals surface area (Å²) in [4.78, 5) is 0. The van der Waals surface area contributed by atoms with Gasteiger partial charge in [0.2, 0.25) is 0 Å². The minimum absolute atomic E-state index is 0.339. The molecular weight excluding hydrogens is 176 g/mol. The Labute approximate surface area is 82.9 Å². The Balaban J connectivity index is 1.80. The second kappa shape index (κ2) is 2.15. The molecule has 2 N–H and O–H groups in total. The summed E-state index contributed by atoms with van der Waals surface area (Å²) in [7, 11) is 0. The summed E-state index contributed by atoms with van der Waals surface area (Å²) in [6.45, 7) is 0. The van der Waals surface area contributed by atoms with E-state index in [9.17, 15) is 10.2 Å². The summed E-state index contributed by atoms with van der Waals surface area (Å²) in [6, 6.07) is 0. The molecule has 2 nitrogen and oxygen atoms in total. The van der Waals surface area contributed by atoms with Gasteiger partial charge in [-0.3, -0.25) is 0 Å². The topological polar surface area (TPSA) is 40.5 Å². The molecule has 2 bridgehead atoms. The average molecular weight is 190 g/mol. The molecule has 8 atom stereocenters. The number of aliphatic hydroxyl groups is 2. The van der Waals surface area contributed by atoms with Gasteiger partial charge in [-0.2, -0.15) is 0 Å². The molecular formula is C12H14O2. The summed E-state index contributed by atoms with van der Waals surface area (Å²) in [6.07, 6.45) is 8.16. The van der Waals surface area contributed by atoms with Crippen molar-refractivity contribution in [2.24, 2.45) is 35.5 Å². The first kappa shape index (κ1) is 7.66. The van der Waals surface area contributed by atoms with Gasteiger partial charge in [-0.05, 0) is 23.7 Å². The molecule has 0 heterocycles. The Bertz CT molecular complexity index is 314. The largest absolute Gasteiger partial charge is 0.390 e. The minimum atomic E-state index is -0.465. The van der Waals surface area contributed by atoms with Gasteiger partial charge in [0.1, 0.15) is 0 Å². The number of rotatable bonds is 0.